The van der Waals surface area contributed by atoms with Gasteiger partial charge in [-0.2, -0.15) is 0 Å². The molecule has 0 unspecified atom stereocenters. The van der Waals surface area contributed by atoms with E-state index in [2.05, 4.69) is 53.7 Å². The van der Waals surface area contributed by atoms with Gasteiger partial charge < -0.3 is 24.8 Å². The van der Waals surface area contributed by atoms with Crippen LogP contribution in [0.2, 0.25) is 0 Å². The Morgan fingerprint density at radius 1 is 0.783 bits per heavy atom. The Kier molecular flexibility index (Phi) is 10.6. The maximum atomic E-state index is 2.51. The van der Waals surface area contributed by atoms with Gasteiger partial charge in [0.15, 0.2) is 0 Å². The van der Waals surface area contributed by atoms with Crippen LogP contribution in [0.25, 0.3) is 0 Å². The molecule has 2 rings (SSSR count). The Hall–Kier alpha value is 0.423. The van der Waals surface area contributed by atoms with Crippen LogP contribution in [-0.4, -0.2) is 0 Å². The van der Waals surface area contributed by atoms with Crippen LogP contribution >= 0.6 is 0 Å². The molecule has 3 heteroatoms. The number of hydrogen-bond donors (Lipinski definition) is 0. The molecule has 23 heavy (non-hydrogen) atoms. The minimum atomic E-state index is -0.523. The summed E-state index contributed by atoms with van der Waals surface area (Å²) in [5.74, 6) is 1.56. The van der Waals surface area contributed by atoms with E-state index in [1.54, 1.807) is 22.3 Å². The van der Waals surface area contributed by atoms with Crippen molar-refractivity contribution >= 4 is 0 Å². The molecule has 0 N–H and O–H groups in total. The van der Waals surface area contributed by atoms with E-state index in [1.165, 1.54) is 25.7 Å². The van der Waals surface area contributed by atoms with Crippen LogP contribution in [0.1, 0.15) is 67.2 Å². The number of hydrogen-bond acceptors (Lipinski definition) is 0. The molecule has 2 aliphatic carbocycles. The topological polar surface area (TPSA) is 0 Å². The fourth-order valence-corrected chi connectivity index (χ4v) is 6.88. The molecule has 0 saturated carbocycles. The molecule has 0 nitrogen and oxygen atoms in total. The molecule has 0 radical (unpaired) electrons. The molecule has 0 aromatic rings. The second-order valence-corrected chi connectivity index (χ2v) is 11.0. The summed E-state index contributed by atoms with van der Waals surface area (Å²) >= 11 is -0.523. The molecule has 0 aromatic carbocycles. The summed E-state index contributed by atoms with van der Waals surface area (Å²) in [5, 5.41) is 0. The van der Waals surface area contributed by atoms with Crippen LogP contribution in [0.5, 0.6) is 0 Å². The molecule has 0 amide bonds. The fraction of sp³-hybridized carbons (Fsp3) is 0.600. The van der Waals surface area contributed by atoms with E-state index < -0.39 is 23.2 Å². The predicted octanol–water partition coefficient (Wildman–Crippen LogP) is 0.377. The van der Waals surface area contributed by atoms with Crippen LogP contribution in [0.15, 0.2) is 41.0 Å². The van der Waals surface area contributed by atoms with Gasteiger partial charge in [-0.25, -0.2) is 0 Å². The summed E-state index contributed by atoms with van der Waals surface area (Å²) in [7, 11) is 0. The van der Waals surface area contributed by atoms with Crippen molar-refractivity contribution < 1.29 is 48.0 Å². The summed E-state index contributed by atoms with van der Waals surface area (Å²) < 4.78 is 3.67. The van der Waals surface area contributed by atoms with Gasteiger partial charge in [0.1, 0.15) is 0 Å². The Bertz CT molecular complexity index is 486. The Labute approximate surface area is 167 Å². The number of rotatable bonds is 6. The molecule has 0 aliphatic heterocycles. The monoisotopic (exact) mass is 430 g/mol. The first kappa shape index (κ1) is 23.4. The van der Waals surface area contributed by atoms with E-state index in [4.69, 9.17) is 0 Å². The first-order valence-corrected chi connectivity index (χ1v) is 10.9. The maximum Gasteiger partial charge on any atom is -1.00 e. The molecule has 0 bridgehead atoms. The largest absolute Gasteiger partial charge is 1.00 e. The van der Waals surface area contributed by atoms with E-state index in [9.17, 15) is 0 Å². The Morgan fingerprint density at radius 3 is 1.43 bits per heavy atom. The zero-order valence-electron chi connectivity index (χ0n) is 15.4. The van der Waals surface area contributed by atoms with Crippen molar-refractivity contribution in [2.45, 2.75) is 67.2 Å². The van der Waals surface area contributed by atoms with Gasteiger partial charge in [0.2, 0.25) is 0 Å². The molecule has 128 valence electrons. The SMILES string of the molecule is CC1=[C]([Zr+2][C]2=C(C)C(CC(C)C)=CC2)CC=C1CC(C)C.[Cl-].[Cl-]. The summed E-state index contributed by atoms with van der Waals surface area (Å²) in [4.78, 5) is 0. The number of allylic oxidation sites excluding steroid dienone is 8. The van der Waals surface area contributed by atoms with Gasteiger partial charge in [-0.15, -0.1) is 0 Å². The zero-order valence-corrected chi connectivity index (χ0v) is 19.4. The average Bonchev–Trinajstić information content (AvgIpc) is 2.88. The Morgan fingerprint density at radius 2 is 1.13 bits per heavy atom. The minimum absolute atomic E-state index is 0. The first-order valence-electron chi connectivity index (χ1n) is 8.43. The Balaban J connectivity index is 0.00000242. The van der Waals surface area contributed by atoms with Crippen molar-refractivity contribution in [3.8, 4) is 0 Å². The molecule has 0 atom stereocenters. The van der Waals surface area contributed by atoms with Gasteiger partial charge in [0.05, 0.1) is 0 Å². The normalized spacial score (nSPS) is 17.2. The van der Waals surface area contributed by atoms with E-state index in [0.29, 0.717) is 0 Å². The summed E-state index contributed by atoms with van der Waals surface area (Å²) in [6.45, 7) is 14.1. The third-order valence-electron chi connectivity index (χ3n) is 4.53. The quantitative estimate of drug-likeness (QED) is 0.569. The van der Waals surface area contributed by atoms with Crippen molar-refractivity contribution in [2.24, 2.45) is 11.8 Å². The van der Waals surface area contributed by atoms with Crippen molar-refractivity contribution in [3.63, 3.8) is 0 Å². The molecule has 0 fully saturated rings. The van der Waals surface area contributed by atoms with Crippen LogP contribution in [0, 0.1) is 11.8 Å². The first-order chi connectivity index (χ1) is 9.88. The molecular weight excluding hydrogens is 402 g/mol. The van der Waals surface area contributed by atoms with Crippen molar-refractivity contribution in [1.29, 1.82) is 0 Å². The van der Waals surface area contributed by atoms with E-state index in [-0.39, 0.29) is 24.8 Å². The second kappa shape index (κ2) is 10.4. The van der Waals surface area contributed by atoms with Crippen molar-refractivity contribution in [2.75, 3.05) is 0 Å². The van der Waals surface area contributed by atoms with Crippen molar-refractivity contribution in [1.82, 2.24) is 0 Å². The standard InChI is InChI=1S/2C10H15.2ClH.Zr/c2*1-8(2)7-10-6-4-5-9(10)3;;;/h2*6,8H,4,7H2,1-3H3;2*1H;/q;;;;+2/p-2. The smallest absolute Gasteiger partial charge is 1.00 e. The van der Waals surface area contributed by atoms with Gasteiger partial charge in [-0.1, -0.05) is 0 Å². The van der Waals surface area contributed by atoms with Gasteiger partial charge >= 0.3 is 143 Å². The van der Waals surface area contributed by atoms with E-state index >= 15 is 0 Å². The van der Waals surface area contributed by atoms with Crippen LogP contribution in [0.4, 0.5) is 0 Å². The van der Waals surface area contributed by atoms with Crippen LogP contribution in [-0.2, 0) is 23.2 Å². The summed E-state index contributed by atoms with van der Waals surface area (Å²) in [5.41, 5.74) is 6.61. The van der Waals surface area contributed by atoms with Gasteiger partial charge in [-0.3, -0.25) is 0 Å². The molecule has 0 heterocycles. The average molecular weight is 433 g/mol. The second-order valence-electron chi connectivity index (χ2n) is 7.40. The minimum Gasteiger partial charge on any atom is -1.00 e. The third-order valence-corrected chi connectivity index (χ3v) is 8.86. The predicted molar refractivity (Wildman–Crippen MR) is 89.7 cm³/mol. The van der Waals surface area contributed by atoms with Gasteiger partial charge in [0.25, 0.3) is 0 Å². The van der Waals surface area contributed by atoms with E-state index in [0.717, 1.165) is 11.8 Å². The van der Waals surface area contributed by atoms with Crippen LogP contribution in [0.3, 0.4) is 0 Å². The van der Waals surface area contributed by atoms with Gasteiger partial charge in [0, 0.05) is 0 Å². The molecular formula is C20H30Cl2Zr. The maximum absolute atomic E-state index is 2.51. The van der Waals surface area contributed by atoms with Crippen molar-refractivity contribution in [3.05, 3.63) is 41.0 Å². The third kappa shape index (κ3) is 6.34. The molecule has 0 aromatic heterocycles. The van der Waals surface area contributed by atoms with Gasteiger partial charge in [-0.05, 0) is 0 Å². The van der Waals surface area contributed by atoms with Crippen LogP contribution < -0.4 is 24.8 Å². The van der Waals surface area contributed by atoms with E-state index in [1.807, 2.05) is 6.56 Å². The molecule has 0 saturated heterocycles. The molecule has 2 aliphatic rings. The summed E-state index contributed by atoms with van der Waals surface area (Å²) in [6.07, 6.45) is 10.1. The summed E-state index contributed by atoms with van der Waals surface area (Å²) in [6, 6.07) is 0. The zero-order chi connectivity index (χ0) is 15.6. The number of halogens is 2. The molecule has 0 spiro atoms. The fourth-order valence-electron chi connectivity index (χ4n) is 3.27.